The second kappa shape index (κ2) is 7.83. The first-order chi connectivity index (χ1) is 15.3. The summed E-state index contributed by atoms with van der Waals surface area (Å²) in [6.45, 7) is 10.9. The highest BCUT2D eigenvalue weighted by molar-refractivity contribution is 9.10. The first-order valence-electron chi connectivity index (χ1n) is 11.0. The first kappa shape index (κ1) is 20.8. The van der Waals surface area contributed by atoms with Crippen LogP contribution in [0.4, 0.5) is 34.1 Å². The highest BCUT2D eigenvalue weighted by Gasteiger charge is 2.31. The molecule has 0 radical (unpaired) electrons. The molecule has 0 amide bonds. The van der Waals surface area contributed by atoms with E-state index in [0.717, 1.165) is 10.2 Å². The Kier molecular flexibility index (Phi) is 5.10. The van der Waals surface area contributed by atoms with Crippen LogP contribution < -0.4 is 9.80 Å². The molecule has 1 heterocycles. The molecular formula is C29H27BrN2. The number of fused-ring (bicyclic) bond motifs is 2. The molecule has 0 atom stereocenters. The lowest BCUT2D eigenvalue weighted by Gasteiger charge is -2.41. The Labute approximate surface area is 199 Å². The average Bonchev–Trinajstić information content (AvgIpc) is 2.76. The van der Waals surface area contributed by atoms with Crippen LogP contribution in [0.25, 0.3) is 0 Å². The standard InChI is InChI=1S/C29H27BrN2/c1-18-6-10-24(11-7-18)31-26-14-19(2)21(4)16-28(26)32(25-12-8-23(30)9-13-25)29-17-22(5)20(3)15-27(29)31/h6-17H,1-5H3. The van der Waals surface area contributed by atoms with Crippen LogP contribution in [0, 0.1) is 34.6 Å². The highest BCUT2D eigenvalue weighted by atomic mass is 79.9. The minimum atomic E-state index is 1.08. The van der Waals surface area contributed by atoms with E-state index in [-0.39, 0.29) is 0 Å². The Morgan fingerprint density at radius 3 is 1.12 bits per heavy atom. The zero-order valence-corrected chi connectivity index (χ0v) is 20.8. The van der Waals surface area contributed by atoms with Crippen LogP contribution in [0.1, 0.15) is 27.8 Å². The number of benzene rings is 4. The van der Waals surface area contributed by atoms with Crippen molar-refractivity contribution in [3.63, 3.8) is 0 Å². The van der Waals surface area contributed by atoms with Gasteiger partial charge >= 0.3 is 0 Å². The van der Waals surface area contributed by atoms with E-state index in [1.54, 1.807) is 0 Å². The molecule has 1 aliphatic rings. The van der Waals surface area contributed by atoms with Crippen molar-refractivity contribution < 1.29 is 0 Å². The maximum Gasteiger partial charge on any atom is 0.0706 e. The maximum atomic E-state index is 3.59. The second-order valence-electron chi connectivity index (χ2n) is 8.83. The summed E-state index contributed by atoms with van der Waals surface area (Å²) in [5.74, 6) is 0. The number of nitrogens with zero attached hydrogens (tertiary/aromatic N) is 2. The van der Waals surface area contributed by atoms with Gasteiger partial charge in [-0.05, 0) is 118 Å². The molecular weight excluding hydrogens is 456 g/mol. The summed E-state index contributed by atoms with van der Waals surface area (Å²) < 4.78 is 1.08. The lowest BCUT2D eigenvalue weighted by molar-refractivity contribution is 1.14. The first-order valence-corrected chi connectivity index (χ1v) is 11.8. The third-order valence-corrected chi connectivity index (χ3v) is 7.05. The van der Waals surface area contributed by atoms with Crippen LogP contribution in [0.3, 0.4) is 0 Å². The fraction of sp³-hybridized carbons (Fsp3) is 0.172. The fourth-order valence-corrected chi connectivity index (χ4v) is 4.65. The van der Waals surface area contributed by atoms with Crippen molar-refractivity contribution in [3.05, 3.63) is 105 Å². The van der Waals surface area contributed by atoms with Crippen molar-refractivity contribution in [2.75, 3.05) is 9.80 Å². The van der Waals surface area contributed by atoms with Crippen LogP contribution in [0.5, 0.6) is 0 Å². The minimum Gasteiger partial charge on any atom is -0.306 e. The summed E-state index contributed by atoms with van der Waals surface area (Å²) in [4.78, 5) is 4.82. The summed E-state index contributed by atoms with van der Waals surface area (Å²) >= 11 is 3.59. The number of anilines is 6. The van der Waals surface area contributed by atoms with Gasteiger partial charge in [0.15, 0.2) is 0 Å². The van der Waals surface area contributed by atoms with Gasteiger partial charge in [0, 0.05) is 15.8 Å². The molecule has 4 aromatic carbocycles. The number of aryl methyl sites for hydroxylation is 5. The molecule has 0 spiro atoms. The summed E-state index contributed by atoms with van der Waals surface area (Å²) in [5, 5.41) is 0. The molecule has 2 nitrogen and oxygen atoms in total. The van der Waals surface area contributed by atoms with Crippen molar-refractivity contribution in [1.82, 2.24) is 0 Å². The third-order valence-electron chi connectivity index (χ3n) is 6.52. The highest BCUT2D eigenvalue weighted by Crippen LogP contribution is 2.55. The second-order valence-corrected chi connectivity index (χ2v) is 9.75. The molecule has 4 aromatic rings. The summed E-state index contributed by atoms with van der Waals surface area (Å²) in [6.07, 6.45) is 0. The molecule has 160 valence electrons. The predicted octanol–water partition coefficient (Wildman–Crippen LogP) is 9.24. The van der Waals surface area contributed by atoms with Crippen LogP contribution in [0.2, 0.25) is 0 Å². The van der Waals surface area contributed by atoms with Gasteiger partial charge in [0.2, 0.25) is 0 Å². The number of rotatable bonds is 2. The van der Waals surface area contributed by atoms with Crippen LogP contribution >= 0.6 is 15.9 Å². The maximum absolute atomic E-state index is 3.59. The summed E-state index contributed by atoms with van der Waals surface area (Å²) in [5.41, 5.74) is 13.6. The lowest BCUT2D eigenvalue weighted by atomic mass is 9.97. The van der Waals surface area contributed by atoms with E-state index in [4.69, 9.17) is 0 Å². The zero-order chi connectivity index (χ0) is 22.6. The van der Waals surface area contributed by atoms with Gasteiger partial charge in [-0.2, -0.15) is 0 Å². The van der Waals surface area contributed by atoms with E-state index < -0.39 is 0 Å². The Hall–Kier alpha value is -3.04. The van der Waals surface area contributed by atoms with Gasteiger partial charge in [0.1, 0.15) is 0 Å². The topological polar surface area (TPSA) is 6.48 Å². The van der Waals surface area contributed by atoms with Gasteiger partial charge < -0.3 is 9.80 Å². The molecule has 0 unspecified atom stereocenters. The smallest absolute Gasteiger partial charge is 0.0706 e. The number of hydrogen-bond donors (Lipinski definition) is 0. The van der Waals surface area contributed by atoms with Crippen LogP contribution in [0.15, 0.2) is 77.3 Å². The van der Waals surface area contributed by atoms with E-state index in [1.165, 1.54) is 56.3 Å². The molecule has 0 aliphatic carbocycles. The van der Waals surface area contributed by atoms with E-state index in [0.29, 0.717) is 0 Å². The molecule has 5 rings (SSSR count). The monoisotopic (exact) mass is 482 g/mol. The van der Waals surface area contributed by atoms with E-state index in [2.05, 4.69) is 133 Å². The van der Waals surface area contributed by atoms with E-state index in [1.807, 2.05) is 0 Å². The van der Waals surface area contributed by atoms with Crippen LogP contribution in [-0.4, -0.2) is 0 Å². The molecule has 3 heteroatoms. The predicted molar refractivity (Wildman–Crippen MR) is 141 cm³/mol. The molecule has 0 N–H and O–H groups in total. The molecule has 1 aliphatic heterocycles. The SMILES string of the molecule is Cc1ccc(N2c3cc(C)c(C)cc3N(c3ccc(Br)cc3)c3cc(C)c(C)cc32)cc1. The molecule has 0 fully saturated rings. The number of halogens is 1. The Bertz CT molecular complexity index is 1160. The lowest BCUT2D eigenvalue weighted by Crippen LogP contribution is -2.24. The van der Waals surface area contributed by atoms with Gasteiger partial charge in [0.05, 0.1) is 22.7 Å². The molecule has 0 aromatic heterocycles. The molecule has 0 saturated heterocycles. The minimum absolute atomic E-state index is 1.08. The summed E-state index contributed by atoms with van der Waals surface area (Å²) in [7, 11) is 0. The van der Waals surface area contributed by atoms with E-state index in [9.17, 15) is 0 Å². The Morgan fingerprint density at radius 2 is 0.781 bits per heavy atom. The van der Waals surface area contributed by atoms with Crippen molar-refractivity contribution in [1.29, 1.82) is 0 Å². The zero-order valence-electron chi connectivity index (χ0n) is 19.2. The van der Waals surface area contributed by atoms with Gasteiger partial charge in [-0.3, -0.25) is 0 Å². The van der Waals surface area contributed by atoms with Crippen molar-refractivity contribution in [2.45, 2.75) is 34.6 Å². The van der Waals surface area contributed by atoms with Gasteiger partial charge in [-0.1, -0.05) is 33.6 Å². The third kappa shape index (κ3) is 3.41. The average molecular weight is 483 g/mol. The quantitative estimate of drug-likeness (QED) is 0.247. The van der Waals surface area contributed by atoms with Gasteiger partial charge in [0.25, 0.3) is 0 Å². The number of hydrogen-bond acceptors (Lipinski definition) is 2. The van der Waals surface area contributed by atoms with Crippen LogP contribution in [-0.2, 0) is 0 Å². The van der Waals surface area contributed by atoms with Crippen molar-refractivity contribution in [2.24, 2.45) is 0 Å². The summed E-state index contributed by atoms with van der Waals surface area (Å²) in [6, 6.07) is 26.7. The van der Waals surface area contributed by atoms with Gasteiger partial charge in [-0.25, -0.2) is 0 Å². The van der Waals surface area contributed by atoms with Gasteiger partial charge in [-0.15, -0.1) is 0 Å². The van der Waals surface area contributed by atoms with Crippen molar-refractivity contribution in [3.8, 4) is 0 Å². The molecule has 32 heavy (non-hydrogen) atoms. The molecule has 0 bridgehead atoms. The Balaban J connectivity index is 1.85. The fourth-order valence-electron chi connectivity index (χ4n) is 4.39. The Morgan fingerprint density at radius 1 is 0.469 bits per heavy atom. The normalized spacial score (nSPS) is 12.6. The largest absolute Gasteiger partial charge is 0.306 e. The molecule has 0 saturated carbocycles. The van der Waals surface area contributed by atoms with Crippen molar-refractivity contribution >= 4 is 50.1 Å². The van der Waals surface area contributed by atoms with E-state index >= 15 is 0 Å².